The lowest BCUT2D eigenvalue weighted by Gasteiger charge is -2.26. The Morgan fingerprint density at radius 2 is 1.88 bits per heavy atom. The van der Waals surface area contributed by atoms with Gasteiger partial charge in [0.05, 0.1) is 39.7 Å². The number of sulfone groups is 1. The van der Waals surface area contributed by atoms with Crippen molar-refractivity contribution in [3.63, 3.8) is 0 Å². The number of nitrogens with zero attached hydrogens (tertiary/aromatic N) is 2. The summed E-state index contributed by atoms with van der Waals surface area (Å²) in [5.74, 6) is -1.80. The van der Waals surface area contributed by atoms with Crippen LogP contribution in [0.1, 0.15) is 12.8 Å². The van der Waals surface area contributed by atoms with Crippen molar-refractivity contribution in [2.24, 2.45) is 4.99 Å². The Morgan fingerprint density at radius 3 is 2.50 bits per heavy atom. The lowest BCUT2D eigenvalue weighted by molar-refractivity contribution is -0.138. The molecule has 3 rings (SSSR count). The number of benzene rings is 1. The van der Waals surface area contributed by atoms with Crippen molar-refractivity contribution in [2.75, 3.05) is 16.4 Å². The number of rotatable bonds is 4. The second kappa shape index (κ2) is 7.38. The number of aliphatic carboxylic acids is 1. The van der Waals surface area contributed by atoms with E-state index in [1.165, 1.54) is 11.8 Å². The van der Waals surface area contributed by atoms with Gasteiger partial charge < -0.3 is 10.0 Å². The highest BCUT2D eigenvalue weighted by Crippen LogP contribution is 2.45. The molecule has 2 fully saturated rings. The molecule has 11 heteroatoms. The third-order valence-electron chi connectivity index (χ3n) is 4.02. The van der Waals surface area contributed by atoms with E-state index in [0.29, 0.717) is 20.9 Å². The zero-order chi connectivity index (χ0) is 19.1. The van der Waals surface area contributed by atoms with Crippen LogP contribution in [-0.2, 0) is 19.4 Å². The molecule has 0 bridgehead atoms. The molecule has 2 aliphatic rings. The summed E-state index contributed by atoms with van der Waals surface area (Å²) in [6, 6.07) is 4.46. The lowest BCUT2D eigenvalue weighted by Crippen LogP contribution is -2.38. The molecule has 0 aliphatic carbocycles. The highest BCUT2D eigenvalue weighted by Gasteiger charge is 2.50. The number of hydrogen-bond acceptors (Lipinski definition) is 5. The molecular formula is C15H14Cl2N2O5S2. The van der Waals surface area contributed by atoms with Gasteiger partial charge in [-0.3, -0.25) is 9.59 Å². The van der Waals surface area contributed by atoms with Crippen LogP contribution in [-0.4, -0.2) is 53.4 Å². The normalized spacial score (nSPS) is 25.5. The number of carbonyl (C=O) groups is 2. The van der Waals surface area contributed by atoms with E-state index in [9.17, 15) is 18.0 Å². The Kier molecular flexibility index (Phi) is 5.53. The molecule has 1 N–H and O–H groups in total. The molecule has 0 aromatic heterocycles. The van der Waals surface area contributed by atoms with Crippen molar-refractivity contribution in [1.29, 1.82) is 0 Å². The van der Waals surface area contributed by atoms with Gasteiger partial charge in [0.25, 0.3) is 0 Å². The van der Waals surface area contributed by atoms with Crippen LogP contribution in [0.2, 0.25) is 10.0 Å². The summed E-state index contributed by atoms with van der Waals surface area (Å²) in [5, 5.41) is 9.32. The number of thioether (sulfide) groups is 1. The third-order valence-corrected chi connectivity index (χ3v) is 7.84. The fraction of sp³-hybridized carbons (Fsp3) is 0.400. The predicted molar refractivity (Wildman–Crippen MR) is 102 cm³/mol. The predicted octanol–water partition coefficient (Wildman–Crippen LogP) is 2.46. The number of amides is 1. The van der Waals surface area contributed by atoms with E-state index < -0.39 is 27.8 Å². The minimum atomic E-state index is -3.21. The Bertz CT molecular complexity index is 883. The number of carboxylic acid groups (broad SMARTS) is 1. The van der Waals surface area contributed by atoms with Crippen LogP contribution in [0.4, 0.5) is 5.69 Å². The van der Waals surface area contributed by atoms with Gasteiger partial charge in [-0.25, -0.2) is 8.42 Å². The molecule has 0 unspecified atom stereocenters. The van der Waals surface area contributed by atoms with Gasteiger partial charge in [0.15, 0.2) is 15.0 Å². The lowest BCUT2D eigenvalue weighted by atomic mass is 10.2. The van der Waals surface area contributed by atoms with Crippen molar-refractivity contribution in [3.05, 3.63) is 28.2 Å². The molecule has 2 aliphatic heterocycles. The SMILES string of the molecule is O=C(O)CCC(=O)N=C1S[C@H]2CS(=O)(=O)C[C@H]2N1c1c(Cl)cccc1Cl. The number of fused-ring (bicyclic) bond motifs is 1. The molecule has 0 saturated carbocycles. The van der Waals surface area contributed by atoms with E-state index in [0.717, 1.165) is 0 Å². The number of hydrogen-bond donors (Lipinski definition) is 1. The summed E-state index contributed by atoms with van der Waals surface area (Å²) in [6.45, 7) is 0. The van der Waals surface area contributed by atoms with Crippen LogP contribution >= 0.6 is 35.0 Å². The molecule has 140 valence electrons. The maximum Gasteiger partial charge on any atom is 0.303 e. The van der Waals surface area contributed by atoms with Crippen LogP contribution in [0, 0.1) is 0 Å². The number of anilines is 1. The summed E-state index contributed by atoms with van der Waals surface area (Å²) in [5.41, 5.74) is 0.401. The summed E-state index contributed by atoms with van der Waals surface area (Å²) in [4.78, 5) is 28.3. The molecule has 0 radical (unpaired) electrons. The summed E-state index contributed by atoms with van der Waals surface area (Å²) in [6.07, 6.45) is -0.564. The number of aliphatic imine (C=N–C) groups is 1. The molecular weight excluding hydrogens is 423 g/mol. The summed E-state index contributed by atoms with van der Waals surface area (Å²) >= 11 is 13.7. The van der Waals surface area contributed by atoms with Gasteiger partial charge >= 0.3 is 5.97 Å². The van der Waals surface area contributed by atoms with Crippen molar-refractivity contribution in [2.45, 2.75) is 24.1 Å². The first-order chi connectivity index (χ1) is 12.2. The summed E-state index contributed by atoms with van der Waals surface area (Å²) < 4.78 is 24.0. The van der Waals surface area contributed by atoms with Gasteiger partial charge in [-0.15, -0.1) is 0 Å². The first kappa shape index (κ1) is 19.5. The molecule has 1 aromatic carbocycles. The molecule has 1 amide bonds. The number of para-hydroxylation sites is 1. The van der Waals surface area contributed by atoms with Gasteiger partial charge in [-0.05, 0) is 12.1 Å². The average Bonchev–Trinajstić information content (AvgIpc) is 2.97. The van der Waals surface area contributed by atoms with Gasteiger partial charge in [0, 0.05) is 11.7 Å². The highest BCUT2D eigenvalue weighted by molar-refractivity contribution is 8.16. The molecule has 7 nitrogen and oxygen atoms in total. The summed E-state index contributed by atoms with van der Waals surface area (Å²) in [7, 11) is -3.21. The third kappa shape index (κ3) is 4.00. The van der Waals surface area contributed by atoms with Gasteiger partial charge in [-0.1, -0.05) is 41.0 Å². The van der Waals surface area contributed by atoms with Gasteiger partial charge in [0.2, 0.25) is 5.91 Å². The van der Waals surface area contributed by atoms with Crippen molar-refractivity contribution in [1.82, 2.24) is 0 Å². The smallest absolute Gasteiger partial charge is 0.303 e. The number of halogens is 2. The maximum absolute atomic E-state index is 12.0. The highest BCUT2D eigenvalue weighted by atomic mass is 35.5. The molecule has 2 heterocycles. The molecule has 0 spiro atoms. The fourth-order valence-electron chi connectivity index (χ4n) is 2.92. The zero-order valence-corrected chi connectivity index (χ0v) is 16.4. The van der Waals surface area contributed by atoms with E-state index in [4.69, 9.17) is 28.3 Å². The topological polar surface area (TPSA) is 104 Å². The van der Waals surface area contributed by atoms with E-state index in [2.05, 4.69) is 4.99 Å². The Morgan fingerprint density at radius 1 is 1.23 bits per heavy atom. The molecule has 2 atom stereocenters. The maximum atomic E-state index is 12.0. The van der Waals surface area contributed by atoms with Crippen LogP contribution in [0.15, 0.2) is 23.2 Å². The van der Waals surface area contributed by atoms with Gasteiger partial charge in [0.1, 0.15) is 0 Å². The van der Waals surface area contributed by atoms with Crippen LogP contribution in [0.3, 0.4) is 0 Å². The Hall–Kier alpha value is -1.29. The molecule has 2 saturated heterocycles. The monoisotopic (exact) mass is 436 g/mol. The number of carbonyl (C=O) groups excluding carboxylic acids is 1. The van der Waals surface area contributed by atoms with Crippen LogP contribution in [0.5, 0.6) is 0 Å². The van der Waals surface area contributed by atoms with Gasteiger partial charge in [-0.2, -0.15) is 4.99 Å². The fourth-order valence-corrected chi connectivity index (χ4v) is 7.42. The standard InChI is InChI=1S/C15H14Cl2N2O5S2/c16-8-2-1-3-9(17)14(8)19-10-6-26(23,24)7-11(10)25-15(19)18-12(20)4-5-13(21)22/h1-3,10-11H,4-7H2,(H,21,22)/t10-,11+/m1/s1. The van der Waals surface area contributed by atoms with Crippen LogP contribution < -0.4 is 4.90 Å². The van der Waals surface area contributed by atoms with Crippen LogP contribution in [0.25, 0.3) is 0 Å². The Balaban J connectivity index is 1.99. The number of carboxylic acids is 1. The van der Waals surface area contributed by atoms with Crippen molar-refractivity contribution in [3.8, 4) is 0 Å². The second-order valence-electron chi connectivity index (χ2n) is 5.92. The average molecular weight is 437 g/mol. The minimum absolute atomic E-state index is 0.0246. The van der Waals surface area contributed by atoms with Crippen molar-refractivity contribution >= 4 is 67.5 Å². The van der Waals surface area contributed by atoms with E-state index in [-0.39, 0.29) is 29.6 Å². The quantitative estimate of drug-likeness (QED) is 0.772. The minimum Gasteiger partial charge on any atom is -0.481 e. The number of amidine groups is 1. The van der Waals surface area contributed by atoms with Crippen molar-refractivity contribution < 1.29 is 23.1 Å². The molecule has 1 aromatic rings. The Labute approximate surface area is 164 Å². The largest absolute Gasteiger partial charge is 0.481 e. The molecule has 26 heavy (non-hydrogen) atoms. The van der Waals surface area contributed by atoms with E-state index in [1.54, 1.807) is 23.1 Å². The van der Waals surface area contributed by atoms with E-state index in [1.807, 2.05) is 0 Å². The first-order valence-corrected chi connectivity index (χ1v) is 11.1. The second-order valence-corrected chi connectivity index (χ2v) is 10.1. The van der Waals surface area contributed by atoms with E-state index >= 15 is 0 Å². The zero-order valence-electron chi connectivity index (χ0n) is 13.3. The first-order valence-electron chi connectivity index (χ1n) is 7.61.